The van der Waals surface area contributed by atoms with E-state index in [9.17, 15) is 0 Å². The van der Waals surface area contributed by atoms with Gasteiger partial charge in [0.25, 0.3) is 0 Å². The number of benzene rings is 2. The van der Waals surface area contributed by atoms with E-state index >= 15 is 0 Å². The molecule has 1 aromatic heterocycles. The Hall–Kier alpha value is -2.79. The number of ether oxygens (including phenoxy) is 1. The predicted octanol–water partition coefficient (Wildman–Crippen LogP) is 5.87. The number of nitrogens with zero attached hydrogens (tertiary/aromatic N) is 3. The third kappa shape index (κ3) is 4.62. The van der Waals surface area contributed by atoms with Gasteiger partial charge in [-0.25, -0.2) is 9.97 Å². The number of hydrogen-bond donors (Lipinski definition) is 1. The smallest absolute Gasteiger partial charge is 0.137 e. The summed E-state index contributed by atoms with van der Waals surface area (Å²) in [6, 6.07) is 15.6. The maximum Gasteiger partial charge on any atom is 0.137 e. The van der Waals surface area contributed by atoms with Crippen molar-refractivity contribution < 1.29 is 4.74 Å². The maximum atomic E-state index is 5.92. The van der Waals surface area contributed by atoms with Crippen LogP contribution in [0.15, 0.2) is 54.7 Å². The molecule has 3 aromatic rings. The molecular formula is C23H25ClN4O. The van der Waals surface area contributed by atoms with Gasteiger partial charge in [0.05, 0.1) is 6.04 Å². The molecule has 29 heavy (non-hydrogen) atoms. The van der Waals surface area contributed by atoms with Gasteiger partial charge in [-0.15, -0.1) is 0 Å². The molecular weight excluding hydrogens is 384 g/mol. The predicted molar refractivity (Wildman–Crippen MR) is 118 cm³/mol. The molecule has 0 fully saturated rings. The van der Waals surface area contributed by atoms with Gasteiger partial charge in [0.2, 0.25) is 0 Å². The highest BCUT2D eigenvalue weighted by molar-refractivity contribution is 6.30. The molecule has 1 aliphatic heterocycles. The van der Waals surface area contributed by atoms with E-state index in [4.69, 9.17) is 21.3 Å². The zero-order valence-corrected chi connectivity index (χ0v) is 17.5. The van der Waals surface area contributed by atoms with E-state index in [1.807, 2.05) is 54.7 Å². The van der Waals surface area contributed by atoms with Crippen LogP contribution in [0.5, 0.6) is 11.5 Å². The summed E-state index contributed by atoms with van der Waals surface area (Å²) in [5, 5.41) is 4.32. The van der Waals surface area contributed by atoms with Crippen LogP contribution >= 0.6 is 11.6 Å². The molecule has 0 radical (unpaired) electrons. The largest absolute Gasteiger partial charge is 0.457 e. The van der Waals surface area contributed by atoms with Gasteiger partial charge in [0.15, 0.2) is 0 Å². The van der Waals surface area contributed by atoms with Gasteiger partial charge >= 0.3 is 0 Å². The van der Waals surface area contributed by atoms with E-state index in [1.165, 1.54) is 0 Å². The third-order valence-electron chi connectivity index (χ3n) is 5.05. The lowest BCUT2D eigenvalue weighted by molar-refractivity contribution is 0.482. The molecule has 1 unspecified atom stereocenters. The molecule has 150 valence electrons. The Morgan fingerprint density at radius 3 is 2.48 bits per heavy atom. The highest BCUT2D eigenvalue weighted by Gasteiger charge is 2.25. The van der Waals surface area contributed by atoms with Gasteiger partial charge < -0.3 is 15.0 Å². The van der Waals surface area contributed by atoms with Crippen LogP contribution in [0, 0.1) is 0 Å². The normalized spacial score (nSPS) is 15.7. The summed E-state index contributed by atoms with van der Waals surface area (Å²) in [4.78, 5) is 11.6. The molecule has 0 saturated carbocycles. The van der Waals surface area contributed by atoms with E-state index in [0.717, 1.165) is 60.2 Å². The Bertz CT molecular complexity index is 960. The fourth-order valence-electron chi connectivity index (χ4n) is 3.51. The summed E-state index contributed by atoms with van der Waals surface area (Å²) in [5.41, 5.74) is 2.20. The second kappa shape index (κ2) is 8.70. The first-order valence-corrected chi connectivity index (χ1v) is 10.4. The molecule has 5 nitrogen and oxygen atoms in total. The molecule has 0 bridgehead atoms. The van der Waals surface area contributed by atoms with E-state index in [2.05, 4.69) is 29.2 Å². The third-order valence-corrected chi connectivity index (χ3v) is 5.31. The minimum atomic E-state index is 0.194. The van der Waals surface area contributed by atoms with Crippen molar-refractivity contribution in [2.45, 2.75) is 32.2 Å². The molecule has 6 heteroatoms. The lowest BCUT2D eigenvalue weighted by Crippen LogP contribution is -2.31. The number of fused-ring (bicyclic) bond motifs is 1. The van der Waals surface area contributed by atoms with Crippen LogP contribution in [0.1, 0.15) is 37.2 Å². The van der Waals surface area contributed by atoms with Crippen molar-refractivity contribution >= 4 is 23.1 Å². The number of rotatable bonds is 6. The molecule has 4 rings (SSSR count). The summed E-state index contributed by atoms with van der Waals surface area (Å²) in [7, 11) is 2.10. The Labute approximate surface area is 176 Å². The average molecular weight is 409 g/mol. The Kier molecular flexibility index (Phi) is 5.86. The molecule has 2 aromatic carbocycles. The van der Waals surface area contributed by atoms with Crippen LogP contribution < -0.4 is 15.0 Å². The summed E-state index contributed by atoms with van der Waals surface area (Å²) in [5.74, 6) is 3.51. The van der Waals surface area contributed by atoms with Crippen molar-refractivity contribution in [2.75, 3.05) is 23.8 Å². The number of aryl methyl sites for hydroxylation is 1. The quantitative estimate of drug-likeness (QED) is 0.552. The van der Waals surface area contributed by atoms with Gasteiger partial charge in [-0.1, -0.05) is 18.5 Å². The first-order valence-electron chi connectivity index (χ1n) is 9.99. The minimum absolute atomic E-state index is 0.194. The van der Waals surface area contributed by atoms with Crippen molar-refractivity contribution in [2.24, 2.45) is 0 Å². The van der Waals surface area contributed by atoms with E-state index in [1.54, 1.807) is 0 Å². The van der Waals surface area contributed by atoms with Crippen molar-refractivity contribution in [1.29, 1.82) is 0 Å². The van der Waals surface area contributed by atoms with Gasteiger partial charge in [-0.2, -0.15) is 0 Å². The lowest BCUT2D eigenvalue weighted by Gasteiger charge is -2.33. The monoisotopic (exact) mass is 408 g/mol. The molecule has 0 spiro atoms. The summed E-state index contributed by atoms with van der Waals surface area (Å²) in [6.07, 6.45) is 4.95. The van der Waals surface area contributed by atoms with Crippen molar-refractivity contribution in [3.63, 3.8) is 0 Å². The van der Waals surface area contributed by atoms with Crippen molar-refractivity contribution in [3.05, 3.63) is 71.1 Å². The molecule has 1 N–H and O–H groups in total. The molecule has 0 aliphatic carbocycles. The topological polar surface area (TPSA) is 50.3 Å². The highest BCUT2D eigenvalue weighted by Crippen LogP contribution is 2.34. The fraction of sp³-hybridized carbons (Fsp3) is 0.304. The second-order valence-electron chi connectivity index (χ2n) is 7.30. The number of nitrogens with one attached hydrogen (secondary N) is 1. The van der Waals surface area contributed by atoms with Gasteiger partial charge in [0.1, 0.15) is 23.1 Å². The number of halogens is 1. The van der Waals surface area contributed by atoms with Crippen LogP contribution in [0.4, 0.5) is 11.5 Å². The van der Waals surface area contributed by atoms with Crippen molar-refractivity contribution in [3.8, 4) is 11.5 Å². The van der Waals surface area contributed by atoms with Crippen LogP contribution in [0.25, 0.3) is 0 Å². The zero-order chi connectivity index (χ0) is 20.2. The zero-order valence-electron chi connectivity index (χ0n) is 16.7. The first kappa shape index (κ1) is 19.5. The summed E-state index contributed by atoms with van der Waals surface area (Å²) in [6.45, 7) is 3.11. The summed E-state index contributed by atoms with van der Waals surface area (Å²) < 4.78 is 5.87. The average Bonchev–Trinajstić information content (AvgIpc) is 2.74. The molecule has 1 atom stereocenters. The summed E-state index contributed by atoms with van der Waals surface area (Å²) >= 11 is 5.92. The lowest BCUT2D eigenvalue weighted by atomic mass is 10.0. The van der Waals surface area contributed by atoms with E-state index < -0.39 is 0 Å². The Morgan fingerprint density at radius 2 is 1.79 bits per heavy atom. The van der Waals surface area contributed by atoms with E-state index in [-0.39, 0.29) is 6.04 Å². The van der Waals surface area contributed by atoms with Gasteiger partial charge in [-0.3, -0.25) is 0 Å². The Morgan fingerprint density at radius 1 is 1.10 bits per heavy atom. The van der Waals surface area contributed by atoms with Gasteiger partial charge in [0, 0.05) is 42.5 Å². The number of anilines is 2. The minimum Gasteiger partial charge on any atom is -0.457 e. The fourth-order valence-corrected chi connectivity index (χ4v) is 3.63. The highest BCUT2D eigenvalue weighted by atomic mass is 35.5. The standard InChI is InChI=1S/C23H25ClN4O/c1-3-4-22-25-15-20-21(13-14-28(2)23(20)27-22)26-17-7-11-19(12-8-17)29-18-9-5-16(24)6-10-18/h5-12,15,21,26H,3-4,13-14H2,1-2H3. The molecule has 1 aliphatic rings. The van der Waals surface area contributed by atoms with Crippen LogP contribution in [-0.4, -0.2) is 23.6 Å². The second-order valence-corrected chi connectivity index (χ2v) is 7.74. The molecule has 0 saturated heterocycles. The SMILES string of the molecule is CCCc1ncc2c(n1)N(C)CCC2Nc1ccc(Oc2ccc(Cl)cc2)cc1. The first-order chi connectivity index (χ1) is 14.1. The number of aromatic nitrogens is 2. The Balaban J connectivity index is 1.47. The van der Waals surface area contributed by atoms with Crippen LogP contribution in [0.2, 0.25) is 5.02 Å². The van der Waals surface area contributed by atoms with Crippen molar-refractivity contribution in [1.82, 2.24) is 9.97 Å². The molecule has 2 heterocycles. The van der Waals surface area contributed by atoms with Crippen LogP contribution in [-0.2, 0) is 6.42 Å². The molecule has 0 amide bonds. The van der Waals surface area contributed by atoms with E-state index in [0.29, 0.717) is 5.02 Å². The number of hydrogen-bond acceptors (Lipinski definition) is 5. The van der Waals surface area contributed by atoms with Crippen LogP contribution in [0.3, 0.4) is 0 Å². The van der Waals surface area contributed by atoms with Gasteiger partial charge in [-0.05, 0) is 61.4 Å². The maximum absolute atomic E-state index is 5.92.